The molecule has 1 rings (SSSR count). The van der Waals surface area contributed by atoms with Gasteiger partial charge in [-0.3, -0.25) is 0 Å². The molecule has 1 aromatic rings. The van der Waals surface area contributed by atoms with Crippen molar-refractivity contribution in [2.45, 2.75) is 64.7 Å². The number of carbonyl (C=O) groups is 1. The number of rotatable bonds is 10. The lowest BCUT2D eigenvalue weighted by molar-refractivity contribution is -0.144. The molecule has 1 heterocycles. The smallest absolute Gasteiger partial charge is 0.332 e. The van der Waals surface area contributed by atoms with Crippen molar-refractivity contribution in [2.75, 3.05) is 0 Å². The summed E-state index contributed by atoms with van der Waals surface area (Å²) >= 11 is 0. The number of nitrogens with zero attached hydrogens (tertiary/aromatic N) is 1. The lowest BCUT2D eigenvalue weighted by Gasteiger charge is -2.04. The van der Waals surface area contributed by atoms with Gasteiger partial charge in [-0.1, -0.05) is 51.9 Å². The Labute approximate surface area is 110 Å². The molecule has 0 aromatic carbocycles. The van der Waals surface area contributed by atoms with Crippen molar-refractivity contribution in [3.05, 3.63) is 24.5 Å². The van der Waals surface area contributed by atoms with Crippen molar-refractivity contribution < 1.29 is 9.63 Å². The average molecular weight is 251 g/mol. The highest BCUT2D eigenvalue weighted by Crippen LogP contribution is 2.09. The Morgan fingerprint density at radius 2 is 1.50 bits per heavy atom. The van der Waals surface area contributed by atoms with Crippen molar-refractivity contribution >= 4 is 5.97 Å². The molecule has 0 aliphatic carbocycles. The van der Waals surface area contributed by atoms with Crippen LogP contribution in [0.3, 0.4) is 0 Å². The first-order valence-corrected chi connectivity index (χ1v) is 7.17. The van der Waals surface area contributed by atoms with Crippen LogP contribution >= 0.6 is 0 Å². The van der Waals surface area contributed by atoms with Crippen LogP contribution in [-0.4, -0.2) is 10.7 Å². The molecule has 0 atom stereocenters. The lowest BCUT2D eigenvalue weighted by Crippen LogP contribution is -2.17. The van der Waals surface area contributed by atoms with Gasteiger partial charge >= 0.3 is 5.97 Å². The SMILES string of the molecule is CCCCCCCCCCC(=O)On1cccc1. The van der Waals surface area contributed by atoms with Gasteiger partial charge in [0.2, 0.25) is 0 Å². The number of carbonyl (C=O) groups excluding carboxylic acids is 1. The first kappa shape index (κ1) is 14.8. The summed E-state index contributed by atoms with van der Waals surface area (Å²) in [5.41, 5.74) is 0. The van der Waals surface area contributed by atoms with Gasteiger partial charge in [0, 0.05) is 18.8 Å². The molecule has 102 valence electrons. The van der Waals surface area contributed by atoms with E-state index in [0.29, 0.717) is 6.42 Å². The second-order valence-electron chi connectivity index (χ2n) is 4.73. The molecule has 18 heavy (non-hydrogen) atoms. The molecule has 0 saturated heterocycles. The molecule has 0 amide bonds. The number of unbranched alkanes of at least 4 members (excludes halogenated alkanes) is 7. The van der Waals surface area contributed by atoms with Gasteiger partial charge in [0.05, 0.1) is 0 Å². The van der Waals surface area contributed by atoms with E-state index >= 15 is 0 Å². The molecule has 0 aliphatic heterocycles. The first-order valence-electron chi connectivity index (χ1n) is 7.17. The largest absolute Gasteiger partial charge is 0.337 e. The highest BCUT2D eigenvalue weighted by atomic mass is 16.7. The number of hydrogen-bond acceptors (Lipinski definition) is 2. The van der Waals surface area contributed by atoms with Crippen molar-refractivity contribution in [1.29, 1.82) is 0 Å². The van der Waals surface area contributed by atoms with Gasteiger partial charge in [-0.2, -0.15) is 4.73 Å². The van der Waals surface area contributed by atoms with E-state index in [1.165, 1.54) is 43.3 Å². The van der Waals surface area contributed by atoms with E-state index in [2.05, 4.69) is 6.92 Å². The summed E-state index contributed by atoms with van der Waals surface area (Å²) in [5, 5.41) is 0. The summed E-state index contributed by atoms with van der Waals surface area (Å²) in [7, 11) is 0. The van der Waals surface area contributed by atoms with Crippen LogP contribution in [-0.2, 0) is 4.79 Å². The summed E-state index contributed by atoms with van der Waals surface area (Å²) in [6.45, 7) is 2.23. The van der Waals surface area contributed by atoms with Crippen LogP contribution in [0.2, 0.25) is 0 Å². The van der Waals surface area contributed by atoms with Crippen LogP contribution in [0.15, 0.2) is 24.5 Å². The minimum absolute atomic E-state index is 0.141. The maximum Gasteiger partial charge on any atom is 0.332 e. The quantitative estimate of drug-likeness (QED) is 0.589. The Balaban J connectivity index is 1.90. The zero-order valence-corrected chi connectivity index (χ0v) is 11.4. The molecule has 0 fully saturated rings. The molecular weight excluding hydrogens is 226 g/mol. The fourth-order valence-electron chi connectivity index (χ4n) is 1.95. The lowest BCUT2D eigenvalue weighted by atomic mass is 10.1. The molecule has 0 N–H and O–H groups in total. The van der Waals surface area contributed by atoms with Crippen LogP contribution in [0, 0.1) is 0 Å². The summed E-state index contributed by atoms with van der Waals surface area (Å²) in [5.74, 6) is -0.141. The maximum absolute atomic E-state index is 11.4. The van der Waals surface area contributed by atoms with Gasteiger partial charge in [0.25, 0.3) is 0 Å². The Hall–Kier alpha value is -1.25. The van der Waals surface area contributed by atoms with Gasteiger partial charge in [0.15, 0.2) is 0 Å². The zero-order chi connectivity index (χ0) is 13.1. The minimum Gasteiger partial charge on any atom is -0.337 e. The molecule has 0 unspecified atom stereocenters. The highest BCUT2D eigenvalue weighted by molar-refractivity contribution is 5.69. The van der Waals surface area contributed by atoms with Crippen LogP contribution < -0.4 is 4.84 Å². The van der Waals surface area contributed by atoms with E-state index in [1.807, 2.05) is 12.1 Å². The summed E-state index contributed by atoms with van der Waals surface area (Å²) in [4.78, 5) is 16.5. The zero-order valence-electron chi connectivity index (χ0n) is 11.4. The average Bonchev–Trinajstić information content (AvgIpc) is 2.85. The Kier molecular flexibility index (Phi) is 8.02. The van der Waals surface area contributed by atoms with Gasteiger partial charge in [-0.05, 0) is 18.6 Å². The summed E-state index contributed by atoms with van der Waals surface area (Å²) < 4.78 is 1.45. The van der Waals surface area contributed by atoms with Crippen LogP contribution in [0.5, 0.6) is 0 Å². The fraction of sp³-hybridized carbons (Fsp3) is 0.667. The summed E-state index contributed by atoms with van der Waals surface area (Å²) in [6, 6.07) is 3.67. The van der Waals surface area contributed by atoms with Crippen molar-refractivity contribution in [1.82, 2.24) is 4.73 Å². The Bertz CT molecular complexity index is 306. The molecule has 3 nitrogen and oxygen atoms in total. The molecule has 1 aromatic heterocycles. The van der Waals surface area contributed by atoms with E-state index in [0.717, 1.165) is 12.8 Å². The Morgan fingerprint density at radius 1 is 0.944 bits per heavy atom. The molecule has 0 radical (unpaired) electrons. The van der Waals surface area contributed by atoms with Gasteiger partial charge < -0.3 is 4.84 Å². The van der Waals surface area contributed by atoms with Crippen molar-refractivity contribution in [3.8, 4) is 0 Å². The normalized spacial score (nSPS) is 10.5. The van der Waals surface area contributed by atoms with E-state index in [1.54, 1.807) is 12.4 Å². The first-order chi connectivity index (χ1) is 8.83. The second-order valence-corrected chi connectivity index (χ2v) is 4.73. The topological polar surface area (TPSA) is 31.2 Å². The highest BCUT2D eigenvalue weighted by Gasteiger charge is 2.03. The third kappa shape index (κ3) is 7.15. The minimum atomic E-state index is -0.141. The monoisotopic (exact) mass is 251 g/mol. The number of aromatic nitrogens is 1. The van der Waals surface area contributed by atoms with E-state index in [4.69, 9.17) is 4.84 Å². The van der Waals surface area contributed by atoms with Crippen molar-refractivity contribution in [3.63, 3.8) is 0 Å². The number of hydrogen-bond donors (Lipinski definition) is 0. The second kappa shape index (κ2) is 9.75. The van der Waals surface area contributed by atoms with E-state index < -0.39 is 0 Å². The van der Waals surface area contributed by atoms with Crippen LogP contribution in [0.1, 0.15) is 64.7 Å². The van der Waals surface area contributed by atoms with E-state index in [9.17, 15) is 4.79 Å². The standard InChI is InChI=1S/C15H25NO2/c1-2-3-4-5-6-7-8-9-12-15(17)18-16-13-10-11-14-16/h10-11,13-14H,2-9,12H2,1H3. The van der Waals surface area contributed by atoms with Gasteiger partial charge in [-0.25, -0.2) is 4.79 Å². The predicted molar refractivity (Wildman–Crippen MR) is 73.2 cm³/mol. The Morgan fingerprint density at radius 3 is 2.11 bits per heavy atom. The van der Waals surface area contributed by atoms with Crippen molar-refractivity contribution in [2.24, 2.45) is 0 Å². The summed E-state index contributed by atoms with van der Waals surface area (Å²) in [6.07, 6.45) is 13.9. The van der Waals surface area contributed by atoms with Crippen LogP contribution in [0.4, 0.5) is 0 Å². The molecule has 0 spiro atoms. The maximum atomic E-state index is 11.4. The molecule has 0 bridgehead atoms. The van der Waals surface area contributed by atoms with Gasteiger partial charge in [-0.15, -0.1) is 0 Å². The van der Waals surface area contributed by atoms with E-state index in [-0.39, 0.29) is 5.97 Å². The molecular formula is C15H25NO2. The molecule has 3 heteroatoms. The molecule has 0 aliphatic rings. The molecule has 0 saturated carbocycles. The third-order valence-electron chi connectivity index (χ3n) is 3.02. The fourth-order valence-corrected chi connectivity index (χ4v) is 1.95. The van der Waals surface area contributed by atoms with Crippen LogP contribution in [0.25, 0.3) is 0 Å². The predicted octanol–water partition coefficient (Wildman–Crippen LogP) is 3.97. The van der Waals surface area contributed by atoms with Gasteiger partial charge in [0.1, 0.15) is 0 Å². The third-order valence-corrected chi connectivity index (χ3v) is 3.02.